The number of halogens is 1. The highest BCUT2D eigenvalue weighted by molar-refractivity contribution is 5.90. The zero-order chi connectivity index (χ0) is 16.6. The first kappa shape index (κ1) is 17.3. The van der Waals surface area contributed by atoms with Crippen molar-refractivity contribution >= 4 is 11.5 Å². The largest absolute Gasteiger partial charge is 0.299 e. The first-order valence-electron chi connectivity index (χ1n) is 8.59. The van der Waals surface area contributed by atoms with E-state index in [1.807, 2.05) is 0 Å². The van der Waals surface area contributed by atoms with Crippen LogP contribution in [0.25, 0.3) is 0 Å². The zero-order valence-corrected chi connectivity index (χ0v) is 14.0. The second-order valence-corrected chi connectivity index (χ2v) is 8.02. The maximum Gasteiger partial charge on any atom is 0.155 e. The Morgan fingerprint density at radius 1 is 0.957 bits per heavy atom. The van der Waals surface area contributed by atoms with E-state index in [0.29, 0.717) is 17.6 Å². The lowest BCUT2D eigenvalue weighted by Gasteiger charge is -2.49. The van der Waals surface area contributed by atoms with E-state index in [9.17, 15) is 4.79 Å². The molecule has 0 aromatic heterocycles. The van der Waals surface area contributed by atoms with Gasteiger partial charge in [-0.3, -0.25) is 4.79 Å². The highest BCUT2D eigenvalue weighted by Crippen LogP contribution is 2.52. The maximum atomic E-state index is 12.2. The van der Waals surface area contributed by atoms with Crippen molar-refractivity contribution in [2.24, 2.45) is 23.7 Å². The summed E-state index contributed by atoms with van der Waals surface area (Å²) in [5.74, 6) is 3.30. The third-order valence-electron chi connectivity index (χ3n) is 6.08. The van der Waals surface area contributed by atoms with Crippen LogP contribution >= 0.6 is 0 Å². The zero-order valence-electron chi connectivity index (χ0n) is 13.2. The predicted octanol–water partition coefficient (Wildman–Crippen LogP) is -2.11. The minimum atomic E-state index is -4.94. The Labute approximate surface area is 138 Å². The third kappa shape index (κ3) is 3.94. The van der Waals surface area contributed by atoms with Gasteiger partial charge in [-0.1, -0.05) is 0 Å². The van der Waals surface area contributed by atoms with Crippen LogP contribution in [0.4, 0.5) is 0 Å². The van der Waals surface area contributed by atoms with Gasteiger partial charge in [0.2, 0.25) is 0 Å². The fraction of sp³-hybridized carbons (Fsp3) is 0.875. The second-order valence-electron chi connectivity index (χ2n) is 7.26. The Morgan fingerprint density at radius 2 is 1.61 bits per heavy atom. The number of rotatable bonds is 0. The molecule has 1 saturated heterocycles. The van der Waals surface area contributed by atoms with Crippen LogP contribution in [0, 0.1) is 33.9 Å². The summed E-state index contributed by atoms with van der Waals surface area (Å²) in [6.45, 7) is 2.59. The Hall–Kier alpha value is -0.530. The van der Waals surface area contributed by atoms with E-state index in [-0.39, 0.29) is 0 Å². The highest BCUT2D eigenvalue weighted by Gasteiger charge is 2.53. The molecule has 1 heterocycles. The van der Waals surface area contributed by atoms with Crippen molar-refractivity contribution in [3.05, 3.63) is 0 Å². The van der Waals surface area contributed by atoms with Gasteiger partial charge >= 0.3 is 0 Å². The first-order valence-corrected chi connectivity index (χ1v) is 9.83. The molecule has 5 aliphatic rings. The molecule has 0 radical (unpaired) electrons. The van der Waals surface area contributed by atoms with Gasteiger partial charge in [-0.15, -0.1) is 10.2 Å². The van der Waals surface area contributed by atoms with Crippen molar-refractivity contribution < 1.29 is 38.2 Å². The minimum absolute atomic E-state index is 0.462. The van der Waals surface area contributed by atoms with Crippen LogP contribution in [-0.4, -0.2) is 29.2 Å². The quantitative estimate of drug-likeness (QED) is 0.466. The van der Waals surface area contributed by atoms with Crippen molar-refractivity contribution in [1.82, 2.24) is 0 Å². The van der Waals surface area contributed by atoms with E-state index in [2.05, 4.69) is 4.58 Å². The van der Waals surface area contributed by atoms with Gasteiger partial charge in [0.15, 0.2) is 5.71 Å². The topological polar surface area (TPSA) is 112 Å². The lowest BCUT2D eigenvalue weighted by molar-refractivity contribution is -2.00. The molecule has 4 saturated carbocycles. The first-order chi connectivity index (χ1) is 10.8. The van der Waals surface area contributed by atoms with E-state index in [4.69, 9.17) is 18.6 Å². The van der Waals surface area contributed by atoms with Gasteiger partial charge in [-0.2, -0.15) is 0 Å². The summed E-state index contributed by atoms with van der Waals surface area (Å²) in [6, 6.07) is 0. The molecule has 5 fully saturated rings. The number of hydrogen-bond donors (Lipinski definition) is 0. The maximum absolute atomic E-state index is 12.2. The molecular weight excluding hydrogens is 322 g/mol. The molecule has 5 rings (SSSR count). The van der Waals surface area contributed by atoms with Crippen molar-refractivity contribution in [1.29, 1.82) is 0 Å². The smallest absolute Gasteiger partial charge is 0.155 e. The fourth-order valence-electron chi connectivity index (χ4n) is 5.38. The highest BCUT2D eigenvalue weighted by atomic mass is 35.7. The van der Waals surface area contributed by atoms with Gasteiger partial charge in [0.25, 0.3) is 0 Å². The number of ketones is 1. The van der Waals surface area contributed by atoms with Crippen molar-refractivity contribution in [2.45, 2.75) is 51.4 Å². The Bertz CT molecular complexity index is 487. The molecule has 0 spiro atoms. The average molecular weight is 346 g/mol. The molecule has 7 heteroatoms. The molecular formula is C16H24ClNO5. The molecule has 2 bridgehead atoms. The number of fused-ring (bicyclic) bond motifs is 2. The summed E-state index contributed by atoms with van der Waals surface area (Å²) in [5.41, 5.74) is 1.76. The van der Waals surface area contributed by atoms with Crippen molar-refractivity contribution in [3.63, 3.8) is 0 Å². The monoisotopic (exact) mass is 345 g/mol. The molecule has 0 aromatic carbocycles. The van der Waals surface area contributed by atoms with Crippen LogP contribution in [0.5, 0.6) is 0 Å². The van der Waals surface area contributed by atoms with Crippen LogP contribution in [0.3, 0.4) is 0 Å². The standard InChI is InChI=1S/C16H24NO.ClHO4/c18-15-5-3-4-13-12-7-6-11(16(13)15)10-14(12)17-8-1-2-9-17;2-1(3,4)5/h11-13,16H,1-10H2;(H,2,3,4,5)/q+1;/p-1. The fourth-order valence-corrected chi connectivity index (χ4v) is 5.38. The summed E-state index contributed by atoms with van der Waals surface area (Å²) in [4.78, 5) is 12.2. The van der Waals surface area contributed by atoms with Gasteiger partial charge in [0.1, 0.15) is 18.9 Å². The van der Waals surface area contributed by atoms with Crippen LogP contribution in [-0.2, 0) is 4.79 Å². The average Bonchev–Trinajstić information content (AvgIpc) is 3.00. The molecule has 0 aromatic rings. The van der Waals surface area contributed by atoms with Gasteiger partial charge < -0.3 is 0 Å². The van der Waals surface area contributed by atoms with E-state index in [1.165, 1.54) is 51.6 Å². The number of carbonyl (C=O) groups excluding carboxylic acids is 1. The van der Waals surface area contributed by atoms with Crippen LogP contribution in [0.1, 0.15) is 51.4 Å². The molecule has 130 valence electrons. The normalized spacial score (nSPS) is 36.6. The van der Waals surface area contributed by atoms with E-state index < -0.39 is 10.2 Å². The summed E-state index contributed by atoms with van der Waals surface area (Å²) >= 11 is 0. The van der Waals surface area contributed by atoms with Crippen LogP contribution in [0.2, 0.25) is 0 Å². The molecule has 4 atom stereocenters. The van der Waals surface area contributed by atoms with Gasteiger partial charge in [-0.25, -0.2) is 23.2 Å². The Kier molecular flexibility index (Phi) is 5.09. The van der Waals surface area contributed by atoms with Crippen molar-refractivity contribution in [3.8, 4) is 0 Å². The molecule has 6 nitrogen and oxygen atoms in total. The molecule has 0 amide bonds. The molecule has 1 aliphatic heterocycles. The molecule has 4 unspecified atom stereocenters. The second kappa shape index (κ2) is 6.76. The number of Topliss-reactive ketones (excluding diaryl/α,β-unsaturated/α-hetero) is 1. The molecule has 0 N–H and O–H groups in total. The summed E-state index contributed by atoms with van der Waals surface area (Å²) in [6.07, 6.45) is 10.1. The van der Waals surface area contributed by atoms with Crippen LogP contribution < -0.4 is 18.6 Å². The number of carbonyl (C=O) groups is 1. The summed E-state index contributed by atoms with van der Waals surface area (Å²) in [7, 11) is -4.94. The van der Waals surface area contributed by atoms with E-state index >= 15 is 0 Å². The molecule has 23 heavy (non-hydrogen) atoms. The Balaban J connectivity index is 0.000000276. The number of hydrogen-bond acceptors (Lipinski definition) is 5. The van der Waals surface area contributed by atoms with Crippen LogP contribution in [0.15, 0.2) is 0 Å². The van der Waals surface area contributed by atoms with Gasteiger partial charge in [-0.05, 0) is 37.5 Å². The third-order valence-corrected chi connectivity index (χ3v) is 6.08. The Morgan fingerprint density at radius 3 is 2.26 bits per heavy atom. The van der Waals surface area contributed by atoms with E-state index in [0.717, 1.165) is 24.7 Å². The van der Waals surface area contributed by atoms with Gasteiger partial charge in [0, 0.05) is 37.5 Å². The predicted molar refractivity (Wildman–Crippen MR) is 70.9 cm³/mol. The summed E-state index contributed by atoms with van der Waals surface area (Å²) < 4.78 is 36.7. The van der Waals surface area contributed by atoms with Crippen molar-refractivity contribution in [2.75, 3.05) is 13.1 Å². The minimum Gasteiger partial charge on any atom is -0.299 e. The lowest BCUT2D eigenvalue weighted by atomic mass is 9.53. The summed E-state index contributed by atoms with van der Waals surface area (Å²) in [5, 5.41) is 0. The number of nitrogens with zero attached hydrogens (tertiary/aromatic N) is 1. The SMILES string of the molecule is O=C1CCCC2C3CCC(CC3=[N+]3CCCC3)C12.[O-][Cl+3]([O-])([O-])[O-]. The molecule has 4 aliphatic carbocycles. The lowest BCUT2D eigenvalue weighted by Crippen LogP contribution is -2.68. The van der Waals surface area contributed by atoms with E-state index in [1.54, 1.807) is 5.71 Å². The van der Waals surface area contributed by atoms with Gasteiger partial charge in [0.05, 0.1) is 0 Å².